The normalized spacial score (nSPS) is 16.6. The third-order valence-electron chi connectivity index (χ3n) is 4.51. The molecule has 1 amide bonds. The molecule has 1 aromatic rings. The minimum absolute atomic E-state index is 0.146. The van der Waals surface area contributed by atoms with E-state index < -0.39 is 11.3 Å². The van der Waals surface area contributed by atoms with Gasteiger partial charge in [0, 0.05) is 12.6 Å². The molecule has 1 atom stereocenters. The van der Waals surface area contributed by atoms with Crippen molar-refractivity contribution < 1.29 is 13.6 Å². The Morgan fingerprint density at radius 3 is 2.67 bits per heavy atom. The average molecular weight is 353 g/mol. The molecule has 1 saturated carbocycles. The molecule has 1 unspecified atom stereocenters. The summed E-state index contributed by atoms with van der Waals surface area (Å²) in [6.07, 6.45) is 7.27. The lowest BCUT2D eigenvalue weighted by molar-refractivity contribution is 0.0928. The fraction of sp³-hybridized carbons (Fsp3) is 0.611. The standard InChI is InChI=1S/C18H28N2O3S/c1-3-4-12-20(24(22)23)17-11-10-14(2)13-16(17)18(21)19-15-8-6-5-7-9-15/h10-11,13,15H,3-9,12H2,1-2H3,(H,19,21)(H,22,23). The van der Waals surface area contributed by atoms with Crippen LogP contribution in [0.5, 0.6) is 0 Å². The van der Waals surface area contributed by atoms with E-state index in [2.05, 4.69) is 5.32 Å². The van der Waals surface area contributed by atoms with Gasteiger partial charge in [0.2, 0.25) is 0 Å². The van der Waals surface area contributed by atoms with Gasteiger partial charge in [0.05, 0.1) is 11.3 Å². The molecule has 0 radical (unpaired) electrons. The van der Waals surface area contributed by atoms with Gasteiger partial charge in [-0.2, -0.15) is 0 Å². The maximum Gasteiger partial charge on any atom is 0.261 e. The van der Waals surface area contributed by atoms with Crippen LogP contribution in [0.1, 0.15) is 67.8 Å². The van der Waals surface area contributed by atoms with Crippen molar-refractivity contribution in [2.24, 2.45) is 0 Å². The molecule has 2 rings (SSSR count). The first-order chi connectivity index (χ1) is 11.5. The van der Waals surface area contributed by atoms with Crippen LogP contribution < -0.4 is 9.62 Å². The van der Waals surface area contributed by atoms with Crippen LogP contribution in [0.25, 0.3) is 0 Å². The predicted molar refractivity (Wildman–Crippen MR) is 98.5 cm³/mol. The van der Waals surface area contributed by atoms with Gasteiger partial charge in [-0.05, 0) is 38.3 Å². The highest BCUT2D eigenvalue weighted by Crippen LogP contribution is 2.25. The Hall–Kier alpha value is -1.40. The summed E-state index contributed by atoms with van der Waals surface area (Å²) in [5.41, 5.74) is 1.98. The van der Waals surface area contributed by atoms with Crippen molar-refractivity contribution >= 4 is 22.9 Å². The van der Waals surface area contributed by atoms with Crippen LogP contribution >= 0.6 is 0 Å². The average Bonchev–Trinajstić information content (AvgIpc) is 2.56. The number of hydrogen-bond donors (Lipinski definition) is 2. The van der Waals surface area contributed by atoms with E-state index in [1.165, 1.54) is 10.7 Å². The molecule has 0 aromatic heterocycles. The Labute approximate surface area is 147 Å². The van der Waals surface area contributed by atoms with E-state index >= 15 is 0 Å². The Balaban J connectivity index is 2.24. The summed E-state index contributed by atoms with van der Waals surface area (Å²) in [6.45, 7) is 4.41. The second kappa shape index (κ2) is 9.18. The first-order valence-corrected chi connectivity index (χ1v) is 9.89. The number of nitrogens with one attached hydrogen (secondary N) is 1. The summed E-state index contributed by atoms with van der Waals surface area (Å²) >= 11 is -2.14. The van der Waals surface area contributed by atoms with Crippen molar-refractivity contribution in [3.8, 4) is 0 Å². The number of nitrogens with zero attached hydrogens (tertiary/aromatic N) is 1. The minimum atomic E-state index is -2.14. The number of hydrogen-bond acceptors (Lipinski definition) is 2. The third kappa shape index (κ3) is 5.05. The lowest BCUT2D eigenvalue weighted by atomic mass is 9.95. The summed E-state index contributed by atoms with van der Waals surface area (Å²) in [4.78, 5) is 12.8. The van der Waals surface area contributed by atoms with Crippen molar-refractivity contribution in [2.75, 3.05) is 10.8 Å². The Morgan fingerprint density at radius 1 is 1.33 bits per heavy atom. The minimum Gasteiger partial charge on any atom is -0.349 e. The number of benzene rings is 1. The molecule has 0 saturated heterocycles. The highest BCUT2D eigenvalue weighted by molar-refractivity contribution is 7.80. The van der Waals surface area contributed by atoms with E-state index in [0.717, 1.165) is 44.1 Å². The summed E-state index contributed by atoms with van der Waals surface area (Å²) < 4.78 is 22.8. The second-order valence-corrected chi connectivity index (χ2v) is 7.42. The monoisotopic (exact) mass is 352 g/mol. The fourth-order valence-electron chi connectivity index (χ4n) is 3.14. The van der Waals surface area contributed by atoms with Crippen molar-refractivity contribution in [2.45, 2.75) is 64.8 Å². The second-order valence-electron chi connectivity index (χ2n) is 6.52. The van der Waals surface area contributed by atoms with Crippen LogP contribution in [0, 0.1) is 6.92 Å². The molecule has 0 bridgehead atoms. The molecule has 0 heterocycles. The number of unbranched alkanes of at least 4 members (excludes halogenated alkanes) is 1. The van der Waals surface area contributed by atoms with Gasteiger partial charge in [-0.15, -0.1) is 0 Å². The molecule has 0 spiro atoms. The van der Waals surface area contributed by atoms with Gasteiger partial charge in [-0.1, -0.05) is 44.2 Å². The van der Waals surface area contributed by atoms with Gasteiger partial charge < -0.3 is 5.32 Å². The number of amides is 1. The summed E-state index contributed by atoms with van der Waals surface area (Å²) in [6, 6.07) is 5.66. The summed E-state index contributed by atoms with van der Waals surface area (Å²) in [5.74, 6) is -0.146. The van der Waals surface area contributed by atoms with Gasteiger partial charge in [-0.3, -0.25) is 13.7 Å². The highest BCUT2D eigenvalue weighted by atomic mass is 32.2. The van der Waals surface area contributed by atoms with Gasteiger partial charge in [0.1, 0.15) is 0 Å². The van der Waals surface area contributed by atoms with Crippen molar-refractivity contribution in [3.05, 3.63) is 29.3 Å². The number of anilines is 1. The zero-order chi connectivity index (χ0) is 17.5. The van der Waals surface area contributed by atoms with Crippen LogP contribution in [-0.2, 0) is 11.3 Å². The fourth-order valence-corrected chi connectivity index (χ4v) is 3.76. The zero-order valence-electron chi connectivity index (χ0n) is 14.6. The summed E-state index contributed by atoms with van der Waals surface area (Å²) in [7, 11) is 0. The number of carbonyl (C=O) groups excluding carboxylic acids is 1. The van der Waals surface area contributed by atoms with E-state index in [9.17, 15) is 13.6 Å². The zero-order valence-corrected chi connectivity index (χ0v) is 15.4. The molecule has 6 heteroatoms. The summed E-state index contributed by atoms with van der Waals surface area (Å²) in [5, 5.41) is 3.11. The molecule has 2 N–H and O–H groups in total. The van der Waals surface area contributed by atoms with Gasteiger partial charge in [0.25, 0.3) is 17.2 Å². The number of carbonyl (C=O) groups is 1. The van der Waals surface area contributed by atoms with Crippen LogP contribution in [0.4, 0.5) is 5.69 Å². The molecule has 0 aliphatic heterocycles. The molecule has 1 aromatic carbocycles. The third-order valence-corrected chi connectivity index (χ3v) is 5.27. The van der Waals surface area contributed by atoms with Gasteiger partial charge in [0.15, 0.2) is 0 Å². The molecule has 1 aliphatic rings. The van der Waals surface area contributed by atoms with Gasteiger partial charge >= 0.3 is 0 Å². The lowest BCUT2D eigenvalue weighted by Gasteiger charge is -2.26. The van der Waals surface area contributed by atoms with E-state index in [4.69, 9.17) is 0 Å². The maximum atomic E-state index is 12.8. The van der Waals surface area contributed by atoms with E-state index in [1.807, 2.05) is 19.9 Å². The molecular formula is C18H28N2O3S. The quantitative estimate of drug-likeness (QED) is 0.733. The van der Waals surface area contributed by atoms with Crippen LogP contribution in [0.2, 0.25) is 0 Å². The highest BCUT2D eigenvalue weighted by Gasteiger charge is 2.22. The Morgan fingerprint density at radius 2 is 2.04 bits per heavy atom. The number of rotatable bonds is 7. The Bertz CT molecular complexity index is 586. The first-order valence-electron chi connectivity index (χ1n) is 8.83. The molecule has 5 nitrogen and oxygen atoms in total. The predicted octanol–water partition coefficient (Wildman–Crippen LogP) is 3.80. The van der Waals surface area contributed by atoms with E-state index in [0.29, 0.717) is 17.8 Å². The van der Waals surface area contributed by atoms with Gasteiger partial charge in [-0.25, -0.2) is 4.21 Å². The molecule has 134 valence electrons. The topological polar surface area (TPSA) is 69.6 Å². The molecular weight excluding hydrogens is 324 g/mol. The van der Waals surface area contributed by atoms with Crippen molar-refractivity contribution in [1.29, 1.82) is 0 Å². The smallest absolute Gasteiger partial charge is 0.261 e. The maximum absolute atomic E-state index is 12.8. The lowest BCUT2D eigenvalue weighted by Crippen LogP contribution is -2.37. The molecule has 1 fully saturated rings. The van der Waals surface area contributed by atoms with E-state index in [1.54, 1.807) is 12.1 Å². The molecule has 1 aliphatic carbocycles. The number of aryl methyl sites for hydroxylation is 1. The largest absolute Gasteiger partial charge is 0.349 e. The van der Waals surface area contributed by atoms with Crippen LogP contribution in [-0.4, -0.2) is 27.3 Å². The SMILES string of the molecule is CCCCN(c1ccc(C)cc1C(=O)NC1CCCCC1)S(=O)O. The van der Waals surface area contributed by atoms with Crippen LogP contribution in [0.15, 0.2) is 18.2 Å². The van der Waals surface area contributed by atoms with Crippen molar-refractivity contribution in [1.82, 2.24) is 5.32 Å². The van der Waals surface area contributed by atoms with Crippen LogP contribution in [0.3, 0.4) is 0 Å². The van der Waals surface area contributed by atoms with E-state index in [-0.39, 0.29) is 11.9 Å². The molecule has 24 heavy (non-hydrogen) atoms. The Kier molecular flexibility index (Phi) is 7.24. The first kappa shape index (κ1) is 18.9. The van der Waals surface area contributed by atoms with Crippen molar-refractivity contribution in [3.63, 3.8) is 0 Å².